The number of rotatable bonds is 8. The van der Waals surface area contributed by atoms with Crippen LogP contribution in [0.4, 0.5) is 17.1 Å². The van der Waals surface area contributed by atoms with Crippen LogP contribution in [0.15, 0.2) is 77.7 Å². The molecule has 0 spiro atoms. The maximum atomic E-state index is 12.4. The topological polar surface area (TPSA) is 144 Å². The number of benzene rings is 3. The molecule has 0 fully saturated rings. The number of nitro benzene ring substituents is 1. The van der Waals surface area contributed by atoms with Crippen molar-refractivity contribution in [2.75, 3.05) is 16.4 Å². The molecule has 0 aromatic heterocycles. The van der Waals surface area contributed by atoms with Gasteiger partial charge in [0, 0.05) is 28.3 Å². The van der Waals surface area contributed by atoms with Crippen LogP contribution in [-0.4, -0.2) is 28.4 Å². The molecule has 0 bridgehead atoms. The van der Waals surface area contributed by atoms with E-state index in [0.29, 0.717) is 11.4 Å². The summed E-state index contributed by atoms with van der Waals surface area (Å²) in [5.74, 6) is -1.39. The lowest BCUT2D eigenvalue weighted by Gasteiger charge is -2.10. The standard InChI is InChI=1S/C22H18N4O5S/c23-21(28)18-9-1-2-10-19(18)25-20(27)13-32-17-8-4-6-15(12-17)24-22(29)14-5-3-7-16(11-14)26(30)31/h1-12H,13H2,(H2,23,28)(H,24,29)(H,25,27). The third kappa shape index (κ3) is 5.92. The van der Waals surface area contributed by atoms with Gasteiger partial charge < -0.3 is 16.4 Å². The zero-order chi connectivity index (χ0) is 23.1. The number of primary amides is 1. The molecule has 0 unspecified atom stereocenters. The fourth-order valence-electron chi connectivity index (χ4n) is 2.77. The number of non-ortho nitro benzene ring substituents is 1. The smallest absolute Gasteiger partial charge is 0.270 e. The number of nitro groups is 1. The van der Waals surface area contributed by atoms with E-state index in [9.17, 15) is 24.5 Å². The molecular weight excluding hydrogens is 432 g/mol. The quantitative estimate of drug-likeness (QED) is 0.271. The molecule has 0 aliphatic carbocycles. The van der Waals surface area contributed by atoms with E-state index in [0.717, 1.165) is 4.90 Å². The first-order valence-electron chi connectivity index (χ1n) is 9.31. The summed E-state index contributed by atoms with van der Waals surface area (Å²) in [7, 11) is 0. The third-order valence-electron chi connectivity index (χ3n) is 4.25. The van der Waals surface area contributed by atoms with Crippen molar-refractivity contribution in [2.24, 2.45) is 5.73 Å². The Labute approximate surface area is 187 Å². The molecule has 9 nitrogen and oxygen atoms in total. The second-order valence-corrected chi connectivity index (χ2v) is 7.58. The summed E-state index contributed by atoms with van der Waals surface area (Å²) in [6, 6.07) is 18.7. The van der Waals surface area contributed by atoms with Crippen molar-refractivity contribution in [2.45, 2.75) is 4.90 Å². The highest BCUT2D eigenvalue weighted by Crippen LogP contribution is 2.23. The van der Waals surface area contributed by atoms with Gasteiger partial charge in [0.15, 0.2) is 0 Å². The van der Waals surface area contributed by atoms with Crippen LogP contribution in [0.3, 0.4) is 0 Å². The molecule has 0 aliphatic heterocycles. The van der Waals surface area contributed by atoms with E-state index in [2.05, 4.69) is 10.6 Å². The minimum absolute atomic E-state index is 0.0649. The Balaban J connectivity index is 1.61. The predicted molar refractivity (Wildman–Crippen MR) is 122 cm³/mol. The van der Waals surface area contributed by atoms with Crippen molar-refractivity contribution in [3.05, 3.63) is 94.0 Å². The van der Waals surface area contributed by atoms with Crippen LogP contribution >= 0.6 is 11.8 Å². The van der Waals surface area contributed by atoms with Crippen molar-refractivity contribution in [1.29, 1.82) is 0 Å². The molecule has 10 heteroatoms. The van der Waals surface area contributed by atoms with Crippen LogP contribution in [0.1, 0.15) is 20.7 Å². The normalized spacial score (nSPS) is 10.2. The fraction of sp³-hybridized carbons (Fsp3) is 0.0455. The van der Waals surface area contributed by atoms with Gasteiger partial charge in [0.2, 0.25) is 5.91 Å². The molecule has 162 valence electrons. The number of hydrogen-bond acceptors (Lipinski definition) is 6. The molecule has 0 atom stereocenters. The SMILES string of the molecule is NC(=O)c1ccccc1NC(=O)CSc1cccc(NC(=O)c2cccc([N+](=O)[O-])c2)c1. The summed E-state index contributed by atoms with van der Waals surface area (Å²) >= 11 is 1.24. The van der Waals surface area contributed by atoms with E-state index in [4.69, 9.17) is 5.73 Å². The van der Waals surface area contributed by atoms with E-state index in [1.807, 2.05) is 0 Å². The highest BCUT2D eigenvalue weighted by molar-refractivity contribution is 8.00. The molecule has 0 aliphatic rings. The average Bonchev–Trinajstić information content (AvgIpc) is 2.78. The lowest BCUT2D eigenvalue weighted by Crippen LogP contribution is -2.19. The van der Waals surface area contributed by atoms with E-state index < -0.39 is 16.7 Å². The number of nitrogens with one attached hydrogen (secondary N) is 2. The summed E-state index contributed by atoms with van der Waals surface area (Å²) in [6.07, 6.45) is 0. The number of carbonyl (C=O) groups is 3. The van der Waals surface area contributed by atoms with Crippen LogP contribution in [0.5, 0.6) is 0 Å². The number of amides is 3. The maximum Gasteiger partial charge on any atom is 0.270 e. The largest absolute Gasteiger partial charge is 0.366 e. The Morgan fingerprint density at radius 3 is 2.44 bits per heavy atom. The van der Waals surface area contributed by atoms with Gasteiger partial charge in [0.1, 0.15) is 0 Å². The number of nitrogens with two attached hydrogens (primary N) is 1. The molecule has 0 saturated carbocycles. The van der Waals surface area contributed by atoms with Gasteiger partial charge in [-0.3, -0.25) is 24.5 Å². The van der Waals surface area contributed by atoms with Crippen molar-refractivity contribution in [3.8, 4) is 0 Å². The summed E-state index contributed by atoms with van der Waals surface area (Å²) in [5, 5.41) is 16.2. The molecule has 0 heterocycles. The van der Waals surface area contributed by atoms with Gasteiger partial charge >= 0.3 is 0 Å². The molecule has 3 aromatic carbocycles. The Bertz CT molecular complexity index is 1200. The second kappa shape index (κ2) is 10.2. The zero-order valence-electron chi connectivity index (χ0n) is 16.6. The Morgan fingerprint density at radius 1 is 0.938 bits per heavy atom. The van der Waals surface area contributed by atoms with Gasteiger partial charge in [0.05, 0.1) is 21.9 Å². The van der Waals surface area contributed by atoms with Crippen molar-refractivity contribution in [3.63, 3.8) is 0 Å². The molecule has 0 saturated heterocycles. The number of para-hydroxylation sites is 1. The minimum Gasteiger partial charge on any atom is -0.366 e. The average molecular weight is 450 g/mol. The summed E-state index contributed by atoms with van der Waals surface area (Å²) < 4.78 is 0. The second-order valence-electron chi connectivity index (χ2n) is 6.54. The van der Waals surface area contributed by atoms with Crippen LogP contribution < -0.4 is 16.4 Å². The molecule has 3 aromatic rings. The van der Waals surface area contributed by atoms with Gasteiger partial charge in [-0.2, -0.15) is 0 Å². The van der Waals surface area contributed by atoms with Crippen LogP contribution in [0.25, 0.3) is 0 Å². The number of nitrogens with zero attached hydrogens (tertiary/aromatic N) is 1. The zero-order valence-corrected chi connectivity index (χ0v) is 17.4. The Kier molecular flexibility index (Phi) is 7.19. The summed E-state index contributed by atoms with van der Waals surface area (Å²) in [4.78, 5) is 47.2. The first-order valence-corrected chi connectivity index (χ1v) is 10.3. The first kappa shape index (κ1) is 22.5. The van der Waals surface area contributed by atoms with Gasteiger partial charge in [-0.25, -0.2) is 0 Å². The third-order valence-corrected chi connectivity index (χ3v) is 5.24. The van der Waals surface area contributed by atoms with Crippen LogP contribution in [0.2, 0.25) is 0 Å². The van der Waals surface area contributed by atoms with Crippen molar-refractivity contribution in [1.82, 2.24) is 0 Å². The van der Waals surface area contributed by atoms with E-state index >= 15 is 0 Å². The lowest BCUT2D eigenvalue weighted by atomic mass is 10.1. The predicted octanol–water partition coefficient (Wildman–Crippen LogP) is 3.68. The van der Waals surface area contributed by atoms with Gasteiger partial charge in [-0.1, -0.05) is 24.3 Å². The number of anilines is 2. The molecule has 32 heavy (non-hydrogen) atoms. The highest BCUT2D eigenvalue weighted by Gasteiger charge is 2.13. The molecule has 4 N–H and O–H groups in total. The highest BCUT2D eigenvalue weighted by atomic mass is 32.2. The number of hydrogen-bond donors (Lipinski definition) is 3. The van der Waals surface area contributed by atoms with E-state index in [1.54, 1.807) is 42.5 Å². The van der Waals surface area contributed by atoms with Gasteiger partial charge in [-0.05, 0) is 36.4 Å². The lowest BCUT2D eigenvalue weighted by molar-refractivity contribution is -0.384. The fourth-order valence-corrected chi connectivity index (χ4v) is 3.52. The summed E-state index contributed by atoms with van der Waals surface area (Å²) in [5.41, 5.74) is 6.33. The molecular formula is C22H18N4O5S. The Morgan fingerprint density at radius 2 is 1.69 bits per heavy atom. The van der Waals surface area contributed by atoms with E-state index in [1.165, 1.54) is 42.1 Å². The molecule has 3 rings (SSSR count). The Hall–Kier alpha value is -4.18. The van der Waals surface area contributed by atoms with Crippen molar-refractivity contribution >= 4 is 46.5 Å². The number of thioether (sulfide) groups is 1. The van der Waals surface area contributed by atoms with Crippen LogP contribution in [-0.2, 0) is 4.79 Å². The van der Waals surface area contributed by atoms with Crippen molar-refractivity contribution < 1.29 is 19.3 Å². The van der Waals surface area contributed by atoms with Crippen LogP contribution in [0, 0.1) is 10.1 Å². The molecule has 0 radical (unpaired) electrons. The first-order chi connectivity index (χ1) is 15.3. The summed E-state index contributed by atoms with van der Waals surface area (Å²) in [6.45, 7) is 0. The van der Waals surface area contributed by atoms with Gasteiger partial charge in [-0.15, -0.1) is 11.8 Å². The minimum atomic E-state index is -0.638. The molecule has 3 amide bonds. The maximum absolute atomic E-state index is 12.4. The van der Waals surface area contributed by atoms with Gasteiger partial charge in [0.25, 0.3) is 17.5 Å². The monoisotopic (exact) mass is 450 g/mol. The van der Waals surface area contributed by atoms with E-state index in [-0.39, 0.29) is 28.5 Å². The number of carbonyl (C=O) groups excluding carboxylic acids is 3.